The molecule has 0 aliphatic heterocycles. The van der Waals surface area contributed by atoms with Crippen molar-refractivity contribution in [2.24, 2.45) is 5.92 Å². The Morgan fingerprint density at radius 2 is 1.87 bits per heavy atom. The van der Waals surface area contributed by atoms with E-state index in [4.69, 9.17) is 14.2 Å². The molecule has 2 aromatic rings. The quantitative estimate of drug-likeness (QED) is 0.409. The maximum absolute atomic E-state index is 12.6. The molecule has 0 saturated heterocycles. The maximum Gasteiger partial charge on any atom is 0.338 e. The molecular weight excluding hydrogens is 382 g/mol. The van der Waals surface area contributed by atoms with E-state index in [1.54, 1.807) is 18.2 Å². The van der Waals surface area contributed by atoms with Crippen LogP contribution in [0.25, 0.3) is 0 Å². The Hall–Kier alpha value is -2.76. The van der Waals surface area contributed by atoms with Gasteiger partial charge in [0.05, 0.1) is 19.3 Å². The first-order chi connectivity index (χ1) is 14.3. The molecule has 0 atom stereocenters. The van der Waals surface area contributed by atoms with Gasteiger partial charge in [-0.15, -0.1) is 0 Å². The molecule has 6 nitrogen and oxygen atoms in total. The van der Waals surface area contributed by atoms with E-state index in [2.05, 4.69) is 18.4 Å². The Labute approximate surface area is 178 Å². The zero-order valence-electron chi connectivity index (χ0n) is 18.5. The predicted molar refractivity (Wildman–Crippen MR) is 115 cm³/mol. The second-order valence-corrected chi connectivity index (χ2v) is 8.28. The largest absolute Gasteiger partial charge is 0.493 e. The van der Waals surface area contributed by atoms with Gasteiger partial charge in [-0.1, -0.05) is 13.8 Å². The van der Waals surface area contributed by atoms with E-state index < -0.39 is 5.97 Å². The third kappa shape index (κ3) is 5.04. The van der Waals surface area contributed by atoms with Crippen molar-refractivity contribution in [1.29, 1.82) is 0 Å². The molecule has 162 valence electrons. The van der Waals surface area contributed by atoms with Crippen LogP contribution in [0, 0.1) is 19.8 Å². The van der Waals surface area contributed by atoms with Crippen LogP contribution in [0.4, 0.5) is 0 Å². The number of carbonyl (C=O) groups excluding carboxylic acids is 2. The van der Waals surface area contributed by atoms with Crippen molar-refractivity contribution in [3.05, 3.63) is 46.8 Å². The van der Waals surface area contributed by atoms with E-state index in [0.717, 1.165) is 30.7 Å². The molecule has 6 heteroatoms. The molecule has 1 aliphatic rings. The van der Waals surface area contributed by atoms with Crippen molar-refractivity contribution in [3.63, 3.8) is 0 Å². The first kappa shape index (κ1) is 21.9. The predicted octanol–water partition coefficient (Wildman–Crippen LogP) is 4.91. The summed E-state index contributed by atoms with van der Waals surface area (Å²) in [5, 5.41) is 0. The number of hydrogen-bond donors (Lipinski definition) is 0. The first-order valence-electron chi connectivity index (χ1n) is 10.5. The number of aryl methyl sites for hydroxylation is 1. The summed E-state index contributed by atoms with van der Waals surface area (Å²) < 4.78 is 18.6. The molecular formula is C24H31NO5. The molecule has 1 aromatic carbocycles. The summed E-state index contributed by atoms with van der Waals surface area (Å²) in [6, 6.07) is 7.29. The van der Waals surface area contributed by atoms with Gasteiger partial charge in [0.1, 0.15) is 0 Å². The number of rotatable bonds is 10. The van der Waals surface area contributed by atoms with Crippen molar-refractivity contribution in [1.82, 2.24) is 4.57 Å². The van der Waals surface area contributed by atoms with Crippen LogP contribution in [0.3, 0.4) is 0 Å². The number of carbonyl (C=O) groups is 2. The minimum absolute atomic E-state index is 0.191. The Bertz CT molecular complexity index is 924. The number of ether oxygens (including phenoxy) is 3. The molecule has 30 heavy (non-hydrogen) atoms. The average molecular weight is 414 g/mol. The summed E-state index contributed by atoms with van der Waals surface area (Å²) in [7, 11) is 1.53. The normalized spacial score (nSPS) is 13.4. The lowest BCUT2D eigenvalue weighted by Crippen LogP contribution is -2.15. The van der Waals surface area contributed by atoms with Gasteiger partial charge in [0.25, 0.3) is 0 Å². The van der Waals surface area contributed by atoms with E-state index in [0.29, 0.717) is 41.2 Å². The second-order valence-electron chi connectivity index (χ2n) is 8.28. The Kier molecular flexibility index (Phi) is 6.85. The third-order valence-electron chi connectivity index (χ3n) is 5.38. The van der Waals surface area contributed by atoms with Crippen molar-refractivity contribution in [2.45, 2.75) is 53.0 Å². The van der Waals surface area contributed by atoms with Crippen molar-refractivity contribution < 1.29 is 23.8 Å². The second kappa shape index (κ2) is 9.37. The molecule has 1 aromatic heterocycles. The topological polar surface area (TPSA) is 66.8 Å². The van der Waals surface area contributed by atoms with E-state index >= 15 is 0 Å². The van der Waals surface area contributed by atoms with Crippen LogP contribution < -0.4 is 9.47 Å². The van der Waals surface area contributed by atoms with Gasteiger partial charge in [0.15, 0.2) is 18.1 Å². The van der Waals surface area contributed by atoms with Crippen LogP contribution in [0.2, 0.25) is 0 Å². The minimum atomic E-state index is -0.564. The molecule has 0 spiro atoms. The van der Waals surface area contributed by atoms with Crippen LogP contribution in [0.1, 0.15) is 71.3 Å². The fourth-order valence-electron chi connectivity index (χ4n) is 3.56. The van der Waals surface area contributed by atoms with Gasteiger partial charge in [-0.05, 0) is 63.3 Å². The lowest BCUT2D eigenvalue weighted by molar-refractivity contribution is 0.0474. The molecule has 0 amide bonds. The zero-order valence-corrected chi connectivity index (χ0v) is 18.5. The van der Waals surface area contributed by atoms with Crippen molar-refractivity contribution >= 4 is 11.8 Å². The number of aromatic nitrogens is 1. The highest BCUT2D eigenvalue weighted by atomic mass is 16.5. The molecule has 1 aliphatic carbocycles. The summed E-state index contributed by atoms with van der Waals surface area (Å²) in [6.07, 6.45) is 3.23. The highest BCUT2D eigenvalue weighted by Crippen LogP contribution is 2.38. The molecule has 1 heterocycles. The zero-order chi connectivity index (χ0) is 21.8. The standard InChI is InChI=1S/C24H31NO5/c1-15(2)10-11-29-22-9-6-18(13-23(22)28-5)24(27)30-14-21(26)20-12-16(3)25(17(20)4)19-7-8-19/h6,9,12-13,15,19H,7-8,10-11,14H2,1-5H3. The van der Waals surface area contributed by atoms with Crippen LogP contribution in [-0.2, 0) is 4.74 Å². The smallest absolute Gasteiger partial charge is 0.338 e. The highest BCUT2D eigenvalue weighted by molar-refractivity contribution is 6.00. The number of esters is 1. The fraction of sp³-hybridized carbons (Fsp3) is 0.500. The van der Waals surface area contributed by atoms with Crippen LogP contribution in [-0.4, -0.2) is 36.6 Å². The van der Waals surface area contributed by atoms with Gasteiger partial charge in [-0.25, -0.2) is 4.79 Å². The molecule has 1 fully saturated rings. The first-order valence-corrected chi connectivity index (χ1v) is 10.5. The summed E-state index contributed by atoms with van der Waals surface area (Å²) in [5.74, 6) is 0.831. The lowest BCUT2D eigenvalue weighted by atomic mass is 10.1. The molecule has 0 N–H and O–H groups in total. The summed E-state index contributed by atoms with van der Waals surface area (Å²) in [4.78, 5) is 25.1. The van der Waals surface area contributed by atoms with Gasteiger partial charge in [0, 0.05) is 23.0 Å². The fourth-order valence-corrected chi connectivity index (χ4v) is 3.56. The van der Waals surface area contributed by atoms with E-state index in [9.17, 15) is 9.59 Å². The lowest BCUT2D eigenvalue weighted by Gasteiger charge is -2.13. The number of ketones is 1. The average Bonchev–Trinajstić information content (AvgIpc) is 3.50. The Morgan fingerprint density at radius 1 is 1.13 bits per heavy atom. The highest BCUT2D eigenvalue weighted by Gasteiger charge is 2.28. The van der Waals surface area contributed by atoms with Crippen LogP contribution in [0.5, 0.6) is 11.5 Å². The van der Waals surface area contributed by atoms with Crippen LogP contribution >= 0.6 is 0 Å². The number of benzene rings is 1. The van der Waals surface area contributed by atoms with Crippen molar-refractivity contribution in [2.75, 3.05) is 20.3 Å². The Balaban J connectivity index is 1.62. The van der Waals surface area contributed by atoms with Gasteiger partial charge < -0.3 is 18.8 Å². The summed E-state index contributed by atoms with van der Waals surface area (Å²) in [5.41, 5.74) is 2.96. The number of hydrogen-bond acceptors (Lipinski definition) is 5. The van der Waals surface area contributed by atoms with E-state index in [1.165, 1.54) is 7.11 Å². The molecule has 0 unspecified atom stereocenters. The molecule has 1 saturated carbocycles. The third-order valence-corrected chi connectivity index (χ3v) is 5.38. The Morgan fingerprint density at radius 3 is 2.50 bits per heavy atom. The number of nitrogens with zero attached hydrogens (tertiary/aromatic N) is 1. The van der Waals surface area contributed by atoms with Crippen LogP contribution in [0.15, 0.2) is 24.3 Å². The minimum Gasteiger partial charge on any atom is -0.493 e. The monoisotopic (exact) mass is 413 g/mol. The number of Topliss-reactive ketones (excluding diaryl/α,β-unsaturated/α-hetero) is 1. The van der Waals surface area contributed by atoms with Gasteiger partial charge in [0.2, 0.25) is 5.78 Å². The summed E-state index contributed by atoms with van der Waals surface area (Å²) in [6.45, 7) is 8.50. The summed E-state index contributed by atoms with van der Waals surface area (Å²) >= 11 is 0. The van der Waals surface area contributed by atoms with Gasteiger partial charge >= 0.3 is 5.97 Å². The van der Waals surface area contributed by atoms with Gasteiger partial charge in [-0.2, -0.15) is 0 Å². The van der Waals surface area contributed by atoms with Gasteiger partial charge in [-0.3, -0.25) is 4.79 Å². The maximum atomic E-state index is 12.6. The van der Waals surface area contributed by atoms with E-state index in [-0.39, 0.29) is 12.4 Å². The SMILES string of the molecule is COc1cc(C(=O)OCC(=O)c2cc(C)n(C3CC3)c2C)ccc1OCCC(C)C. The van der Waals surface area contributed by atoms with Crippen molar-refractivity contribution in [3.8, 4) is 11.5 Å². The van der Waals surface area contributed by atoms with E-state index in [1.807, 2.05) is 19.9 Å². The molecule has 3 rings (SSSR count). The molecule has 0 bridgehead atoms. The number of methoxy groups -OCH3 is 1. The molecule has 0 radical (unpaired) electrons.